The van der Waals surface area contributed by atoms with Crippen molar-refractivity contribution in [3.8, 4) is 0 Å². The summed E-state index contributed by atoms with van der Waals surface area (Å²) in [5, 5.41) is 0. The molecule has 18 heavy (non-hydrogen) atoms. The van der Waals surface area contributed by atoms with E-state index in [-0.39, 0.29) is 18.0 Å². The number of hydrogen-bond acceptors (Lipinski definition) is 3. The van der Waals surface area contributed by atoms with Crippen molar-refractivity contribution >= 4 is 5.91 Å². The van der Waals surface area contributed by atoms with Gasteiger partial charge in [-0.05, 0) is 45.2 Å². The molecule has 0 aliphatic carbocycles. The van der Waals surface area contributed by atoms with Crippen molar-refractivity contribution < 1.29 is 4.79 Å². The molecule has 2 rings (SSSR count). The Morgan fingerprint density at radius 3 is 2.94 bits per heavy atom. The summed E-state index contributed by atoms with van der Waals surface area (Å²) >= 11 is 0. The number of carbonyl (C=O) groups excluding carboxylic acids is 1. The number of aryl methyl sites for hydroxylation is 1. The van der Waals surface area contributed by atoms with Gasteiger partial charge in [-0.2, -0.15) is 0 Å². The molecule has 1 aliphatic rings. The fourth-order valence-electron chi connectivity index (χ4n) is 2.57. The molecule has 4 heteroatoms. The summed E-state index contributed by atoms with van der Waals surface area (Å²) in [6.45, 7) is 4.66. The third-order valence-electron chi connectivity index (χ3n) is 3.52. The highest BCUT2D eigenvalue weighted by Gasteiger charge is 2.30. The summed E-state index contributed by atoms with van der Waals surface area (Å²) in [7, 11) is 0. The fourth-order valence-corrected chi connectivity index (χ4v) is 2.57. The SMILES string of the molecule is Cc1cccc(C(=O)N2CCCC[C@H]2[C@H](C)N)n1. The van der Waals surface area contributed by atoms with Crippen LogP contribution in [0.3, 0.4) is 0 Å². The zero-order chi connectivity index (χ0) is 13.1. The molecule has 2 N–H and O–H groups in total. The first kappa shape index (κ1) is 13.0. The van der Waals surface area contributed by atoms with Crippen LogP contribution < -0.4 is 5.73 Å². The van der Waals surface area contributed by atoms with Crippen LogP contribution in [0.15, 0.2) is 18.2 Å². The zero-order valence-corrected chi connectivity index (χ0v) is 11.1. The molecular weight excluding hydrogens is 226 g/mol. The number of rotatable bonds is 2. The van der Waals surface area contributed by atoms with Crippen LogP contribution >= 0.6 is 0 Å². The van der Waals surface area contributed by atoms with Gasteiger partial charge in [0.25, 0.3) is 5.91 Å². The Kier molecular flexibility index (Phi) is 3.97. The molecule has 1 amide bonds. The lowest BCUT2D eigenvalue weighted by atomic mass is 9.96. The molecule has 0 radical (unpaired) electrons. The minimum absolute atomic E-state index is 0.0130. The van der Waals surface area contributed by atoms with Crippen molar-refractivity contribution in [2.24, 2.45) is 5.73 Å². The van der Waals surface area contributed by atoms with E-state index < -0.39 is 0 Å². The summed E-state index contributed by atoms with van der Waals surface area (Å²) in [5.74, 6) is 0.0145. The molecule has 0 aromatic carbocycles. The van der Waals surface area contributed by atoms with Crippen molar-refractivity contribution in [3.05, 3.63) is 29.6 Å². The van der Waals surface area contributed by atoms with Gasteiger partial charge in [-0.1, -0.05) is 6.07 Å². The van der Waals surface area contributed by atoms with Crippen LogP contribution in [0.4, 0.5) is 0 Å². The number of nitrogens with two attached hydrogens (primary N) is 1. The Labute approximate surface area is 108 Å². The van der Waals surface area contributed by atoms with Crippen LogP contribution in [0.2, 0.25) is 0 Å². The largest absolute Gasteiger partial charge is 0.333 e. The molecule has 2 atom stereocenters. The molecular formula is C14H21N3O. The number of carbonyl (C=O) groups is 1. The van der Waals surface area contributed by atoms with E-state index in [1.807, 2.05) is 30.9 Å². The van der Waals surface area contributed by atoms with Crippen LogP contribution in [0.5, 0.6) is 0 Å². The lowest BCUT2D eigenvalue weighted by molar-refractivity contribution is 0.0577. The maximum atomic E-state index is 12.5. The molecule has 0 bridgehead atoms. The van der Waals surface area contributed by atoms with Gasteiger partial charge in [-0.15, -0.1) is 0 Å². The lowest BCUT2D eigenvalue weighted by Gasteiger charge is -2.37. The average molecular weight is 247 g/mol. The summed E-state index contributed by atoms with van der Waals surface area (Å²) in [6.07, 6.45) is 3.20. The van der Waals surface area contributed by atoms with Gasteiger partial charge in [-0.3, -0.25) is 4.79 Å². The predicted molar refractivity (Wildman–Crippen MR) is 71.3 cm³/mol. The molecule has 1 fully saturated rings. The van der Waals surface area contributed by atoms with Crippen LogP contribution in [0.25, 0.3) is 0 Å². The normalized spacial score (nSPS) is 21.7. The lowest BCUT2D eigenvalue weighted by Crippen LogP contribution is -2.51. The molecule has 1 saturated heterocycles. The zero-order valence-electron chi connectivity index (χ0n) is 11.1. The van der Waals surface area contributed by atoms with E-state index in [1.54, 1.807) is 6.07 Å². The minimum Gasteiger partial charge on any atom is -0.333 e. The van der Waals surface area contributed by atoms with E-state index in [4.69, 9.17) is 5.73 Å². The quantitative estimate of drug-likeness (QED) is 0.866. The number of aromatic nitrogens is 1. The first-order valence-corrected chi connectivity index (χ1v) is 6.60. The molecule has 0 unspecified atom stereocenters. The van der Waals surface area contributed by atoms with Gasteiger partial charge in [0.05, 0.1) is 0 Å². The van der Waals surface area contributed by atoms with E-state index in [2.05, 4.69) is 4.98 Å². The van der Waals surface area contributed by atoms with Gasteiger partial charge in [0.2, 0.25) is 0 Å². The minimum atomic E-state index is 0.0130. The number of amides is 1. The summed E-state index contributed by atoms with van der Waals surface area (Å²) in [6, 6.07) is 5.71. The van der Waals surface area contributed by atoms with Crippen molar-refractivity contribution in [1.29, 1.82) is 0 Å². The third-order valence-corrected chi connectivity index (χ3v) is 3.52. The number of pyridine rings is 1. The van der Waals surface area contributed by atoms with E-state index in [1.165, 1.54) is 0 Å². The second-order valence-electron chi connectivity index (χ2n) is 5.09. The summed E-state index contributed by atoms with van der Waals surface area (Å²) in [4.78, 5) is 18.7. The Balaban J connectivity index is 2.21. The highest BCUT2D eigenvalue weighted by molar-refractivity contribution is 5.92. The molecule has 1 aromatic rings. The first-order valence-electron chi connectivity index (χ1n) is 6.60. The topological polar surface area (TPSA) is 59.2 Å². The van der Waals surface area contributed by atoms with E-state index in [0.717, 1.165) is 31.5 Å². The van der Waals surface area contributed by atoms with Gasteiger partial charge in [0.15, 0.2) is 0 Å². The monoisotopic (exact) mass is 247 g/mol. The Morgan fingerprint density at radius 1 is 1.50 bits per heavy atom. The van der Waals surface area contributed by atoms with Crippen molar-refractivity contribution in [2.45, 2.75) is 45.2 Å². The van der Waals surface area contributed by atoms with Crippen molar-refractivity contribution in [3.63, 3.8) is 0 Å². The van der Waals surface area contributed by atoms with E-state index in [9.17, 15) is 4.79 Å². The molecule has 0 saturated carbocycles. The molecule has 0 spiro atoms. The van der Waals surface area contributed by atoms with Gasteiger partial charge >= 0.3 is 0 Å². The van der Waals surface area contributed by atoms with Gasteiger partial charge in [0.1, 0.15) is 5.69 Å². The molecule has 98 valence electrons. The standard InChI is InChI=1S/C14H21N3O/c1-10-6-5-7-12(16-10)14(18)17-9-4-3-8-13(17)11(2)15/h5-7,11,13H,3-4,8-9,15H2,1-2H3/t11-,13-/m0/s1. The third kappa shape index (κ3) is 2.70. The number of piperidine rings is 1. The number of hydrogen-bond donors (Lipinski definition) is 1. The highest BCUT2D eigenvalue weighted by atomic mass is 16.2. The van der Waals surface area contributed by atoms with Gasteiger partial charge in [-0.25, -0.2) is 4.98 Å². The maximum absolute atomic E-state index is 12.5. The van der Waals surface area contributed by atoms with Crippen LogP contribution in [-0.4, -0.2) is 34.4 Å². The maximum Gasteiger partial charge on any atom is 0.272 e. The Hall–Kier alpha value is -1.42. The highest BCUT2D eigenvalue weighted by Crippen LogP contribution is 2.21. The van der Waals surface area contributed by atoms with Gasteiger partial charge < -0.3 is 10.6 Å². The molecule has 1 aromatic heterocycles. The Morgan fingerprint density at radius 2 is 2.28 bits per heavy atom. The van der Waals surface area contributed by atoms with Crippen LogP contribution in [0.1, 0.15) is 42.4 Å². The van der Waals surface area contributed by atoms with Crippen molar-refractivity contribution in [2.75, 3.05) is 6.54 Å². The Bertz CT molecular complexity index is 431. The van der Waals surface area contributed by atoms with E-state index >= 15 is 0 Å². The number of nitrogens with zero attached hydrogens (tertiary/aromatic N) is 2. The second kappa shape index (κ2) is 5.48. The smallest absolute Gasteiger partial charge is 0.272 e. The molecule has 1 aliphatic heterocycles. The van der Waals surface area contributed by atoms with Crippen molar-refractivity contribution in [1.82, 2.24) is 9.88 Å². The van der Waals surface area contributed by atoms with Gasteiger partial charge in [0, 0.05) is 24.3 Å². The average Bonchev–Trinajstić information content (AvgIpc) is 2.38. The first-order chi connectivity index (χ1) is 8.59. The van der Waals surface area contributed by atoms with Crippen LogP contribution in [-0.2, 0) is 0 Å². The predicted octanol–water partition coefficient (Wildman–Crippen LogP) is 1.73. The summed E-state index contributed by atoms with van der Waals surface area (Å²) < 4.78 is 0. The second-order valence-corrected chi connectivity index (χ2v) is 5.09. The van der Waals surface area contributed by atoms with E-state index in [0.29, 0.717) is 5.69 Å². The molecule has 2 heterocycles. The summed E-state index contributed by atoms with van der Waals surface area (Å²) in [5.41, 5.74) is 7.39. The molecule has 4 nitrogen and oxygen atoms in total. The fraction of sp³-hybridized carbons (Fsp3) is 0.571. The van der Waals surface area contributed by atoms with Crippen LogP contribution in [0, 0.1) is 6.92 Å². The number of likely N-dealkylation sites (tertiary alicyclic amines) is 1.